The van der Waals surface area contributed by atoms with Crippen LogP contribution in [0.5, 0.6) is 0 Å². The number of para-hydroxylation sites is 8. The zero-order valence-electron chi connectivity index (χ0n) is 66.2. The van der Waals surface area contributed by atoms with E-state index in [1.54, 1.807) is 0 Å². The highest BCUT2D eigenvalue weighted by Gasteiger charge is 2.34. The van der Waals surface area contributed by atoms with E-state index in [4.69, 9.17) is 17.7 Å². The Morgan fingerprint density at radius 1 is 0.302 bits per heavy atom. The van der Waals surface area contributed by atoms with Gasteiger partial charge in [-0.1, -0.05) is 152 Å². The van der Waals surface area contributed by atoms with Gasteiger partial charge >= 0.3 is 0 Å². The summed E-state index contributed by atoms with van der Waals surface area (Å²) in [5.41, 5.74) is 25.8. The van der Waals surface area contributed by atoms with Gasteiger partial charge < -0.3 is 17.7 Å². The summed E-state index contributed by atoms with van der Waals surface area (Å²) < 4.78 is 52.9. The van der Waals surface area contributed by atoms with E-state index < -0.39 is 0 Å². The van der Waals surface area contributed by atoms with Gasteiger partial charge in [0.25, 0.3) is 23.2 Å². The molecule has 0 spiro atoms. The van der Waals surface area contributed by atoms with Crippen LogP contribution in [0.25, 0.3) is 193 Å². The van der Waals surface area contributed by atoms with Crippen LogP contribution in [-0.4, -0.2) is 18.5 Å². The van der Waals surface area contributed by atoms with Gasteiger partial charge in [-0.3, -0.25) is 0 Å². The lowest BCUT2D eigenvalue weighted by Crippen LogP contribution is -2.37. The van der Waals surface area contributed by atoms with Crippen molar-refractivity contribution in [2.24, 2.45) is 28.2 Å². The molecule has 116 heavy (non-hydrogen) atoms. The largest absolute Gasteiger partial charge is 0.425 e. The minimum atomic E-state index is 0.586. The quantitative estimate of drug-likeness (QED) is 0.155. The number of imidazole rings is 2. The number of aromatic nitrogens is 8. The van der Waals surface area contributed by atoms with Crippen molar-refractivity contribution >= 4 is 193 Å². The third-order valence-electron chi connectivity index (χ3n) is 23.4. The molecule has 12 heterocycles. The van der Waals surface area contributed by atoms with Crippen molar-refractivity contribution in [3.63, 3.8) is 0 Å². The predicted molar refractivity (Wildman–Crippen MR) is 482 cm³/mol. The van der Waals surface area contributed by atoms with Crippen LogP contribution in [0.3, 0.4) is 0 Å². The van der Waals surface area contributed by atoms with Gasteiger partial charge in [0.2, 0.25) is 0 Å². The van der Waals surface area contributed by atoms with Crippen LogP contribution in [0, 0.1) is 55.4 Å². The van der Waals surface area contributed by atoms with Crippen LogP contribution >= 0.6 is 45.3 Å². The molecule has 0 unspecified atom stereocenters. The molecular formula is C100H80N8O4S4+4. The predicted octanol–water partition coefficient (Wildman–Crippen LogP) is 25.8. The molecule has 0 saturated carbocycles. The van der Waals surface area contributed by atoms with E-state index in [9.17, 15) is 0 Å². The third-order valence-corrected chi connectivity index (χ3v) is 28.5. The number of benzene rings is 12. The van der Waals surface area contributed by atoms with Crippen LogP contribution in [0.4, 0.5) is 0 Å². The summed E-state index contributed by atoms with van der Waals surface area (Å²) in [6.07, 6.45) is 8.10. The average molecular weight is 1590 g/mol. The van der Waals surface area contributed by atoms with Crippen LogP contribution in [0.2, 0.25) is 0 Å². The smallest absolute Gasteiger partial charge is 0.299 e. The Hall–Kier alpha value is -13.0. The molecule has 0 atom stereocenters. The minimum absolute atomic E-state index is 0.586. The van der Waals surface area contributed by atoms with E-state index >= 15 is 0 Å². The molecule has 12 aromatic heterocycles. The van der Waals surface area contributed by atoms with Gasteiger partial charge in [0.15, 0.2) is 59.8 Å². The van der Waals surface area contributed by atoms with Crippen molar-refractivity contribution in [3.8, 4) is 45.5 Å². The Morgan fingerprint density at radius 2 is 0.759 bits per heavy atom. The van der Waals surface area contributed by atoms with E-state index in [0.717, 1.165) is 71.6 Å². The fraction of sp³-hybridized carbons (Fsp3) is 0.120. The van der Waals surface area contributed by atoms with Gasteiger partial charge in [-0.05, 0) is 173 Å². The molecule has 24 rings (SSSR count). The number of rotatable bonds is 6. The summed E-state index contributed by atoms with van der Waals surface area (Å²) in [4.78, 5) is 0. The average Bonchev–Trinajstić information content (AvgIpc) is 1.56. The summed E-state index contributed by atoms with van der Waals surface area (Å²) >= 11 is 7.71. The Labute approximate surface area is 683 Å². The molecule has 12 nitrogen and oxygen atoms in total. The Balaban J connectivity index is 0.0000000985. The van der Waals surface area contributed by atoms with Crippen molar-refractivity contribution in [3.05, 3.63) is 312 Å². The lowest BCUT2D eigenvalue weighted by atomic mass is 10.0. The SMILES string of the molecule is Cc1cc2c(cc1-c1n(-c3c(C)cccc3C)c3ccccc3[n+]1C)sc1c3ccccc3sc21.Cc1cc2c(cc1-n1ccc[n+]1C)oc1oc3ccccc3c12.Cc1ccc2c(oc3oc4ccccc4c32)c1-n1ccc[n+]1C.Cc1cccc(C)c1-n1c(-c2c(C)ccc3c2sc2c4ccccc4sc32)[n+](C)c2ccccc21. The topological polar surface area (TPSA) is 87.8 Å². The molecule has 0 N–H and O–H groups in total. The maximum Gasteiger partial charge on any atom is 0.299 e. The van der Waals surface area contributed by atoms with E-state index in [1.807, 2.05) is 142 Å². The van der Waals surface area contributed by atoms with Crippen LogP contribution in [0.1, 0.15) is 44.5 Å². The molecule has 0 fully saturated rings. The normalized spacial score (nSPS) is 12.0. The van der Waals surface area contributed by atoms with E-state index in [0.29, 0.717) is 11.6 Å². The van der Waals surface area contributed by atoms with Gasteiger partial charge in [0.05, 0.1) is 71.9 Å². The molecule has 0 amide bonds. The molecule has 0 bridgehead atoms. The summed E-state index contributed by atoms with van der Waals surface area (Å²) in [6, 6.07) is 86.4. The highest BCUT2D eigenvalue weighted by Crippen LogP contribution is 2.51. The molecule has 0 aliphatic heterocycles. The molecule has 0 aliphatic carbocycles. The Kier molecular flexibility index (Phi) is 16.7. The molecule has 564 valence electrons. The Morgan fingerprint density at radius 3 is 1.36 bits per heavy atom. The van der Waals surface area contributed by atoms with Crippen molar-refractivity contribution in [1.29, 1.82) is 0 Å². The number of hydrogen-bond donors (Lipinski definition) is 0. The molecule has 0 aliphatic rings. The van der Waals surface area contributed by atoms with Gasteiger partial charge in [-0.2, -0.15) is 9.13 Å². The van der Waals surface area contributed by atoms with E-state index in [1.165, 1.54) is 154 Å². The first-order valence-electron chi connectivity index (χ1n) is 39.1. The summed E-state index contributed by atoms with van der Waals surface area (Å²) in [6.45, 7) is 17.6. The summed E-state index contributed by atoms with van der Waals surface area (Å²) in [5, 5.41) is 12.0. The van der Waals surface area contributed by atoms with Gasteiger partial charge in [0.1, 0.15) is 33.8 Å². The standard InChI is InChI=1S/2C31H25N2S2.2C19H15N2O2/c1-18-10-9-11-19(2)28(18)33-25-14-7-6-13-24(25)32(4)31(33)22-17-27-23(16-20(22)3)30-29(35-27)21-12-5-8-15-26(21)34-30;1-18-16-17-22-28(35-29-21-12-5-8-15-25(21)34-30(22)29)26(18)31-32(4)23-13-6-7-14-24(23)33(31)27-19(2)10-9-11-20(27)3;1-12-8-9-14-16-13-6-3-4-7-15(13)22-19(16)23-18(14)17(12)21-11-5-10-20(21)2;1-12-10-14-17(11-15(12)21-9-5-8-20(21)2)23-19-18(14)13-6-3-4-7-16(13)22-19/h2*5-17H,1-4H3;2*3-11H,1-2H3/q4*+1. The van der Waals surface area contributed by atoms with Crippen LogP contribution in [-0.2, 0) is 28.2 Å². The van der Waals surface area contributed by atoms with Crippen LogP contribution < -0.4 is 18.5 Å². The fourth-order valence-corrected chi connectivity index (χ4v) is 23.4. The van der Waals surface area contributed by atoms with Gasteiger partial charge in [0, 0.05) is 75.4 Å². The zero-order chi connectivity index (χ0) is 78.8. The maximum absolute atomic E-state index is 6.13. The molecule has 16 heteroatoms. The number of hydrogen-bond acceptors (Lipinski definition) is 8. The lowest BCUT2D eigenvalue weighted by Gasteiger charge is -2.11. The van der Waals surface area contributed by atoms with Crippen molar-refractivity contribution in [1.82, 2.24) is 18.5 Å². The van der Waals surface area contributed by atoms with E-state index in [2.05, 4.69) is 291 Å². The van der Waals surface area contributed by atoms with Crippen molar-refractivity contribution < 1.29 is 36.2 Å². The Bertz CT molecular complexity index is 8120. The second kappa shape index (κ2) is 27.4. The maximum atomic E-state index is 6.13. The highest BCUT2D eigenvalue weighted by molar-refractivity contribution is 7.37. The third kappa shape index (κ3) is 11.0. The fourth-order valence-electron chi connectivity index (χ4n) is 17.9. The second-order valence-corrected chi connectivity index (χ2v) is 34.9. The zero-order valence-corrected chi connectivity index (χ0v) is 69.5. The number of thiophene rings is 4. The monoisotopic (exact) mass is 1580 g/mol. The summed E-state index contributed by atoms with van der Waals surface area (Å²) in [7, 11) is 8.45. The highest BCUT2D eigenvalue weighted by atomic mass is 32.1. The van der Waals surface area contributed by atoms with Crippen LogP contribution in [0.15, 0.2) is 285 Å². The molecular weight excluding hydrogens is 1510 g/mol. The first-order chi connectivity index (χ1) is 56.5. The first kappa shape index (κ1) is 70.9. The molecule has 12 aromatic carbocycles. The first-order valence-corrected chi connectivity index (χ1v) is 42.4. The van der Waals surface area contributed by atoms with Gasteiger partial charge in [-0.25, -0.2) is 9.13 Å². The van der Waals surface area contributed by atoms with Crippen molar-refractivity contribution in [2.75, 3.05) is 0 Å². The number of fused-ring (bicyclic) bond motifs is 22. The molecule has 0 saturated heterocycles. The van der Waals surface area contributed by atoms with Gasteiger partial charge in [-0.15, -0.1) is 64.1 Å². The van der Waals surface area contributed by atoms with E-state index in [-0.39, 0.29) is 0 Å². The summed E-state index contributed by atoms with van der Waals surface area (Å²) in [5.74, 6) is 3.65. The molecule has 0 radical (unpaired) electrons. The number of nitrogens with zero attached hydrogens (tertiary/aromatic N) is 8. The lowest BCUT2D eigenvalue weighted by molar-refractivity contribution is -0.744. The second-order valence-electron chi connectivity index (χ2n) is 30.7. The number of aryl methyl sites for hydroxylation is 12. The number of furan rings is 4. The van der Waals surface area contributed by atoms with Crippen molar-refractivity contribution in [2.45, 2.75) is 55.4 Å². The minimum Gasteiger partial charge on any atom is -0.425 e. The molecule has 24 aromatic rings.